The van der Waals surface area contributed by atoms with E-state index >= 15 is 0 Å². The molecule has 0 aromatic rings. The molecule has 2 fully saturated rings. The van der Waals surface area contributed by atoms with Gasteiger partial charge in [0.05, 0.1) is 19.3 Å². The SMILES string of the molecule is CC(C)[C@@H]1CC[C@@H](C)C[C@H]1OCC1COC(C)(C)O1. The zero-order chi connectivity index (χ0) is 14.0. The second kappa shape index (κ2) is 6.11. The van der Waals surface area contributed by atoms with E-state index in [9.17, 15) is 0 Å². The number of hydrogen-bond acceptors (Lipinski definition) is 3. The molecule has 112 valence electrons. The third-order valence-corrected chi connectivity index (χ3v) is 4.52. The topological polar surface area (TPSA) is 27.7 Å². The molecule has 4 atom stereocenters. The van der Waals surface area contributed by atoms with Crippen LogP contribution in [0.15, 0.2) is 0 Å². The van der Waals surface area contributed by atoms with Crippen molar-refractivity contribution >= 4 is 0 Å². The summed E-state index contributed by atoms with van der Waals surface area (Å²) in [6, 6.07) is 0. The van der Waals surface area contributed by atoms with Crippen LogP contribution in [0.25, 0.3) is 0 Å². The van der Waals surface area contributed by atoms with Gasteiger partial charge in [0.1, 0.15) is 6.10 Å². The lowest BCUT2D eigenvalue weighted by atomic mass is 9.75. The Labute approximate surface area is 118 Å². The molecule has 0 aromatic carbocycles. The third-order valence-electron chi connectivity index (χ3n) is 4.52. The zero-order valence-corrected chi connectivity index (χ0v) is 13.1. The minimum atomic E-state index is -0.439. The van der Waals surface area contributed by atoms with Crippen LogP contribution in [-0.4, -0.2) is 31.2 Å². The Morgan fingerprint density at radius 2 is 2.00 bits per heavy atom. The van der Waals surface area contributed by atoms with E-state index in [-0.39, 0.29) is 6.10 Å². The van der Waals surface area contributed by atoms with Crippen LogP contribution in [0.3, 0.4) is 0 Å². The monoisotopic (exact) mass is 270 g/mol. The lowest BCUT2D eigenvalue weighted by molar-refractivity contribution is -0.152. The first-order chi connectivity index (χ1) is 8.87. The van der Waals surface area contributed by atoms with E-state index in [0.29, 0.717) is 31.2 Å². The van der Waals surface area contributed by atoms with Gasteiger partial charge in [0.2, 0.25) is 0 Å². The minimum Gasteiger partial charge on any atom is -0.375 e. The summed E-state index contributed by atoms with van der Waals surface area (Å²) in [5, 5.41) is 0. The maximum atomic E-state index is 6.20. The molecule has 0 spiro atoms. The van der Waals surface area contributed by atoms with Crippen molar-refractivity contribution in [1.29, 1.82) is 0 Å². The van der Waals surface area contributed by atoms with Gasteiger partial charge in [0, 0.05) is 0 Å². The highest BCUT2D eigenvalue weighted by Crippen LogP contribution is 2.35. The van der Waals surface area contributed by atoms with Gasteiger partial charge in [-0.05, 0) is 44.4 Å². The van der Waals surface area contributed by atoms with Crippen LogP contribution < -0.4 is 0 Å². The van der Waals surface area contributed by atoms with Gasteiger partial charge < -0.3 is 14.2 Å². The average Bonchev–Trinajstić information content (AvgIpc) is 2.66. The Bertz CT molecular complexity index is 288. The summed E-state index contributed by atoms with van der Waals surface area (Å²) in [7, 11) is 0. The van der Waals surface area contributed by atoms with Gasteiger partial charge in [-0.1, -0.05) is 27.2 Å². The summed E-state index contributed by atoms with van der Waals surface area (Å²) in [5.41, 5.74) is 0. The molecule has 3 heteroatoms. The van der Waals surface area contributed by atoms with Crippen LogP contribution in [0.4, 0.5) is 0 Å². The van der Waals surface area contributed by atoms with E-state index in [1.807, 2.05) is 13.8 Å². The summed E-state index contributed by atoms with van der Waals surface area (Å²) >= 11 is 0. The molecule has 0 amide bonds. The number of hydrogen-bond donors (Lipinski definition) is 0. The second-order valence-corrected chi connectivity index (χ2v) is 7.15. The fourth-order valence-electron chi connectivity index (χ4n) is 3.38. The summed E-state index contributed by atoms with van der Waals surface area (Å²) in [6.45, 7) is 12.2. The Balaban J connectivity index is 1.82. The fourth-order valence-corrected chi connectivity index (χ4v) is 3.38. The highest BCUT2D eigenvalue weighted by Gasteiger charge is 2.35. The van der Waals surface area contributed by atoms with Crippen molar-refractivity contribution in [3.05, 3.63) is 0 Å². The first kappa shape index (κ1) is 15.3. The van der Waals surface area contributed by atoms with Crippen molar-refractivity contribution in [2.75, 3.05) is 13.2 Å². The first-order valence-electron chi connectivity index (χ1n) is 7.81. The minimum absolute atomic E-state index is 0.0973. The molecule has 1 heterocycles. The summed E-state index contributed by atoms with van der Waals surface area (Å²) in [5.74, 6) is 1.75. The molecular formula is C16H30O3. The summed E-state index contributed by atoms with van der Waals surface area (Å²) in [6.07, 6.45) is 4.34. The first-order valence-corrected chi connectivity index (χ1v) is 7.81. The predicted octanol–water partition coefficient (Wildman–Crippen LogP) is 3.62. The molecule has 0 aromatic heterocycles. The smallest absolute Gasteiger partial charge is 0.163 e. The Morgan fingerprint density at radius 3 is 2.58 bits per heavy atom. The van der Waals surface area contributed by atoms with Crippen LogP contribution >= 0.6 is 0 Å². The maximum Gasteiger partial charge on any atom is 0.163 e. The molecular weight excluding hydrogens is 240 g/mol. The van der Waals surface area contributed by atoms with Gasteiger partial charge in [-0.2, -0.15) is 0 Å². The van der Waals surface area contributed by atoms with Crippen LogP contribution in [-0.2, 0) is 14.2 Å². The maximum absolute atomic E-state index is 6.20. The van der Waals surface area contributed by atoms with Gasteiger partial charge >= 0.3 is 0 Å². The van der Waals surface area contributed by atoms with Crippen molar-refractivity contribution in [2.45, 2.75) is 71.9 Å². The van der Waals surface area contributed by atoms with E-state index in [2.05, 4.69) is 20.8 Å². The highest BCUT2D eigenvalue weighted by atomic mass is 16.7. The summed E-state index contributed by atoms with van der Waals surface area (Å²) in [4.78, 5) is 0. The number of rotatable bonds is 4. The van der Waals surface area contributed by atoms with Crippen LogP contribution in [0.5, 0.6) is 0 Å². The standard InChI is InChI=1S/C16H30O3/c1-11(2)14-7-6-12(3)8-15(14)17-9-13-10-18-16(4,5)19-13/h11-15H,6-10H2,1-5H3/t12-,13?,14+,15-/m1/s1. The van der Waals surface area contributed by atoms with Crippen molar-refractivity contribution < 1.29 is 14.2 Å². The molecule has 0 bridgehead atoms. The van der Waals surface area contributed by atoms with Gasteiger partial charge in [0.25, 0.3) is 0 Å². The average molecular weight is 270 g/mol. The Hall–Kier alpha value is -0.120. The molecule has 3 nitrogen and oxygen atoms in total. The van der Waals surface area contributed by atoms with Crippen LogP contribution in [0.2, 0.25) is 0 Å². The normalized spacial score (nSPS) is 38.8. The molecule has 19 heavy (non-hydrogen) atoms. The van der Waals surface area contributed by atoms with E-state index in [1.54, 1.807) is 0 Å². The summed E-state index contributed by atoms with van der Waals surface area (Å²) < 4.78 is 17.6. The van der Waals surface area contributed by atoms with E-state index in [0.717, 1.165) is 5.92 Å². The van der Waals surface area contributed by atoms with Gasteiger partial charge in [-0.25, -0.2) is 0 Å². The van der Waals surface area contributed by atoms with Gasteiger partial charge in [-0.15, -0.1) is 0 Å². The molecule has 1 unspecified atom stereocenters. The van der Waals surface area contributed by atoms with E-state index < -0.39 is 5.79 Å². The molecule has 1 aliphatic carbocycles. The second-order valence-electron chi connectivity index (χ2n) is 7.15. The molecule has 1 saturated carbocycles. The predicted molar refractivity (Wildman–Crippen MR) is 76.0 cm³/mol. The molecule has 1 aliphatic heterocycles. The van der Waals surface area contributed by atoms with Crippen molar-refractivity contribution in [3.8, 4) is 0 Å². The molecule has 0 radical (unpaired) electrons. The largest absolute Gasteiger partial charge is 0.375 e. The van der Waals surface area contributed by atoms with Gasteiger partial charge in [-0.3, -0.25) is 0 Å². The molecule has 0 N–H and O–H groups in total. The molecule has 1 saturated heterocycles. The van der Waals surface area contributed by atoms with Crippen LogP contribution in [0, 0.1) is 17.8 Å². The van der Waals surface area contributed by atoms with E-state index in [4.69, 9.17) is 14.2 Å². The fraction of sp³-hybridized carbons (Fsp3) is 1.00. The molecule has 2 rings (SSSR count). The lowest BCUT2D eigenvalue weighted by Gasteiger charge is -2.37. The third kappa shape index (κ3) is 4.17. The Morgan fingerprint density at radius 1 is 1.26 bits per heavy atom. The highest BCUT2D eigenvalue weighted by molar-refractivity contribution is 4.82. The van der Waals surface area contributed by atoms with Gasteiger partial charge in [0.15, 0.2) is 5.79 Å². The van der Waals surface area contributed by atoms with Crippen molar-refractivity contribution in [1.82, 2.24) is 0 Å². The van der Waals surface area contributed by atoms with Crippen molar-refractivity contribution in [3.63, 3.8) is 0 Å². The zero-order valence-electron chi connectivity index (χ0n) is 13.1. The van der Waals surface area contributed by atoms with E-state index in [1.165, 1.54) is 19.3 Å². The number of ether oxygens (including phenoxy) is 3. The molecule has 2 aliphatic rings. The Kier molecular flexibility index (Phi) is 4.91. The van der Waals surface area contributed by atoms with Crippen molar-refractivity contribution in [2.24, 2.45) is 17.8 Å². The van der Waals surface area contributed by atoms with Crippen LogP contribution in [0.1, 0.15) is 53.9 Å². The lowest BCUT2D eigenvalue weighted by Crippen LogP contribution is -2.36. The quantitative estimate of drug-likeness (QED) is 0.781.